The van der Waals surface area contributed by atoms with Gasteiger partial charge in [-0.1, -0.05) is 57.2 Å². The minimum Gasteiger partial charge on any atom is -0.478 e. The van der Waals surface area contributed by atoms with Crippen LogP contribution in [0.1, 0.15) is 61.4 Å². The second-order valence-electron chi connectivity index (χ2n) is 5.26. The molecule has 116 valence electrons. The van der Waals surface area contributed by atoms with Crippen molar-refractivity contribution in [1.82, 2.24) is 5.32 Å². The summed E-state index contributed by atoms with van der Waals surface area (Å²) < 4.78 is 0. The molecule has 2 N–H and O–H groups in total. The van der Waals surface area contributed by atoms with E-state index >= 15 is 0 Å². The molecule has 1 aromatic carbocycles. The molecule has 1 amide bonds. The number of amides is 1. The van der Waals surface area contributed by atoms with Crippen molar-refractivity contribution in [3.63, 3.8) is 0 Å². The van der Waals surface area contributed by atoms with E-state index in [1.165, 1.54) is 31.7 Å². The number of carbonyl (C=O) groups excluding carboxylic acids is 1. The highest BCUT2D eigenvalue weighted by molar-refractivity contribution is 5.91. The first-order chi connectivity index (χ1) is 10.1. The second kappa shape index (κ2) is 9.97. The molecule has 0 atom stereocenters. The Morgan fingerprint density at radius 2 is 1.71 bits per heavy atom. The van der Waals surface area contributed by atoms with E-state index in [1.807, 2.05) is 0 Å². The summed E-state index contributed by atoms with van der Waals surface area (Å²) in [5.74, 6) is -1.11. The van der Waals surface area contributed by atoms with Crippen molar-refractivity contribution in [2.24, 2.45) is 0 Å². The van der Waals surface area contributed by atoms with Crippen LogP contribution in [0.2, 0.25) is 0 Å². The molecule has 1 rings (SSSR count). The molecule has 4 heteroatoms. The zero-order valence-corrected chi connectivity index (χ0v) is 12.7. The smallest absolute Gasteiger partial charge is 0.335 e. The van der Waals surface area contributed by atoms with Crippen LogP contribution >= 0.6 is 0 Å². The highest BCUT2D eigenvalue weighted by Gasteiger charge is 2.11. The predicted molar refractivity (Wildman–Crippen MR) is 83.5 cm³/mol. The lowest BCUT2D eigenvalue weighted by atomic mass is 10.0. The Bertz CT molecular complexity index is 457. The first-order valence-electron chi connectivity index (χ1n) is 7.73. The molecule has 0 aromatic heterocycles. The van der Waals surface area contributed by atoms with Gasteiger partial charge in [-0.25, -0.2) is 4.79 Å². The van der Waals surface area contributed by atoms with E-state index in [-0.39, 0.29) is 17.9 Å². The summed E-state index contributed by atoms with van der Waals surface area (Å²) in [6, 6.07) is 6.64. The first-order valence-corrected chi connectivity index (χ1v) is 7.73. The molecular formula is C17H25NO3. The third kappa shape index (κ3) is 6.93. The molecule has 0 unspecified atom stereocenters. The first kappa shape index (κ1) is 17.2. The van der Waals surface area contributed by atoms with Crippen molar-refractivity contribution in [3.05, 3.63) is 35.4 Å². The number of rotatable bonds is 10. The number of carboxylic acids is 1. The van der Waals surface area contributed by atoms with E-state index in [9.17, 15) is 9.59 Å². The summed E-state index contributed by atoms with van der Waals surface area (Å²) in [4.78, 5) is 22.9. The minimum atomic E-state index is -0.991. The van der Waals surface area contributed by atoms with Crippen LogP contribution in [0.4, 0.5) is 0 Å². The summed E-state index contributed by atoms with van der Waals surface area (Å²) >= 11 is 0. The third-order valence-electron chi connectivity index (χ3n) is 3.45. The fourth-order valence-corrected chi connectivity index (χ4v) is 2.25. The predicted octanol–water partition coefficient (Wildman–Crippen LogP) is 3.40. The Hall–Kier alpha value is -1.84. The lowest BCUT2D eigenvalue weighted by Gasteiger charge is -2.07. The number of nitrogens with one attached hydrogen (secondary N) is 1. The van der Waals surface area contributed by atoms with Crippen molar-refractivity contribution in [2.75, 3.05) is 6.54 Å². The minimum absolute atomic E-state index is 0.114. The van der Waals surface area contributed by atoms with Gasteiger partial charge in [0.05, 0.1) is 12.0 Å². The van der Waals surface area contributed by atoms with E-state index in [0.29, 0.717) is 12.1 Å². The van der Waals surface area contributed by atoms with Gasteiger partial charge in [0, 0.05) is 6.54 Å². The molecule has 0 aliphatic heterocycles. The van der Waals surface area contributed by atoms with Crippen LogP contribution in [-0.4, -0.2) is 23.5 Å². The Morgan fingerprint density at radius 1 is 1.05 bits per heavy atom. The lowest BCUT2D eigenvalue weighted by molar-refractivity contribution is -0.120. The van der Waals surface area contributed by atoms with Crippen LogP contribution in [0.25, 0.3) is 0 Å². The fourth-order valence-electron chi connectivity index (χ4n) is 2.25. The Morgan fingerprint density at radius 3 is 2.43 bits per heavy atom. The zero-order valence-electron chi connectivity index (χ0n) is 12.7. The van der Waals surface area contributed by atoms with E-state index in [4.69, 9.17) is 5.11 Å². The Balaban J connectivity index is 2.27. The highest BCUT2D eigenvalue weighted by Crippen LogP contribution is 2.09. The lowest BCUT2D eigenvalue weighted by Crippen LogP contribution is -2.26. The summed E-state index contributed by atoms with van der Waals surface area (Å²) in [7, 11) is 0. The van der Waals surface area contributed by atoms with E-state index in [1.54, 1.807) is 18.2 Å². The van der Waals surface area contributed by atoms with Gasteiger partial charge in [0.25, 0.3) is 0 Å². The van der Waals surface area contributed by atoms with Crippen LogP contribution in [0, 0.1) is 0 Å². The summed E-state index contributed by atoms with van der Waals surface area (Å²) in [5.41, 5.74) is 0.762. The van der Waals surface area contributed by atoms with Gasteiger partial charge in [0.1, 0.15) is 0 Å². The molecule has 0 bridgehead atoms. The number of unbranched alkanes of at least 4 members (excludes halogenated alkanes) is 5. The second-order valence-corrected chi connectivity index (χ2v) is 5.26. The van der Waals surface area contributed by atoms with Gasteiger partial charge in [0.15, 0.2) is 0 Å². The molecule has 0 aliphatic rings. The average Bonchev–Trinajstić information content (AvgIpc) is 2.46. The Kier molecular flexibility index (Phi) is 8.17. The molecule has 0 radical (unpaired) electrons. The van der Waals surface area contributed by atoms with Crippen LogP contribution in [0.15, 0.2) is 24.3 Å². The molecular weight excluding hydrogens is 266 g/mol. The van der Waals surface area contributed by atoms with E-state index in [2.05, 4.69) is 12.2 Å². The van der Waals surface area contributed by atoms with Gasteiger partial charge < -0.3 is 10.4 Å². The number of aromatic carboxylic acids is 1. The van der Waals surface area contributed by atoms with Crippen LogP contribution < -0.4 is 5.32 Å². The van der Waals surface area contributed by atoms with Crippen LogP contribution in [-0.2, 0) is 11.2 Å². The maximum atomic E-state index is 11.8. The summed E-state index contributed by atoms with van der Waals surface area (Å²) in [6.07, 6.45) is 7.22. The number of carboxylic acid groups (broad SMARTS) is 1. The number of benzene rings is 1. The maximum absolute atomic E-state index is 11.8. The highest BCUT2D eigenvalue weighted by atomic mass is 16.4. The normalized spacial score (nSPS) is 10.3. The largest absolute Gasteiger partial charge is 0.478 e. The van der Waals surface area contributed by atoms with Crippen molar-refractivity contribution in [1.29, 1.82) is 0 Å². The van der Waals surface area contributed by atoms with Crippen LogP contribution in [0.3, 0.4) is 0 Å². The molecule has 1 aromatic rings. The topological polar surface area (TPSA) is 66.4 Å². The maximum Gasteiger partial charge on any atom is 0.335 e. The number of hydrogen-bond acceptors (Lipinski definition) is 2. The molecule has 0 saturated carbocycles. The van der Waals surface area contributed by atoms with Crippen molar-refractivity contribution >= 4 is 11.9 Å². The van der Waals surface area contributed by atoms with Crippen molar-refractivity contribution < 1.29 is 14.7 Å². The fraction of sp³-hybridized carbons (Fsp3) is 0.529. The molecule has 0 saturated heterocycles. The van der Waals surface area contributed by atoms with E-state index in [0.717, 1.165) is 12.8 Å². The molecule has 21 heavy (non-hydrogen) atoms. The van der Waals surface area contributed by atoms with Crippen LogP contribution in [0.5, 0.6) is 0 Å². The molecule has 0 heterocycles. The van der Waals surface area contributed by atoms with Gasteiger partial charge in [-0.15, -0.1) is 0 Å². The summed E-state index contributed by atoms with van der Waals surface area (Å²) in [6.45, 7) is 2.86. The van der Waals surface area contributed by atoms with E-state index < -0.39 is 5.97 Å². The summed E-state index contributed by atoms with van der Waals surface area (Å²) in [5, 5.41) is 11.9. The van der Waals surface area contributed by atoms with Gasteiger partial charge in [0.2, 0.25) is 5.91 Å². The average molecular weight is 291 g/mol. The zero-order chi connectivity index (χ0) is 15.5. The van der Waals surface area contributed by atoms with Gasteiger partial charge in [-0.3, -0.25) is 4.79 Å². The number of hydrogen-bond donors (Lipinski definition) is 2. The Labute approximate surface area is 126 Å². The standard InChI is InChI=1S/C17H25NO3/c1-2-3-4-5-6-9-12-18-16(19)13-14-10-7-8-11-15(14)17(20)21/h7-8,10-11H,2-6,9,12-13H2,1H3,(H,18,19)(H,20,21). The number of carbonyl (C=O) groups is 2. The van der Waals surface area contributed by atoms with Gasteiger partial charge in [-0.05, 0) is 18.1 Å². The van der Waals surface area contributed by atoms with Gasteiger partial charge >= 0.3 is 5.97 Å². The molecule has 0 aliphatic carbocycles. The van der Waals surface area contributed by atoms with Gasteiger partial charge in [-0.2, -0.15) is 0 Å². The SMILES string of the molecule is CCCCCCCCNC(=O)Cc1ccccc1C(=O)O. The molecule has 0 fully saturated rings. The quantitative estimate of drug-likeness (QED) is 0.649. The van der Waals surface area contributed by atoms with Crippen molar-refractivity contribution in [3.8, 4) is 0 Å². The molecule has 0 spiro atoms. The van der Waals surface area contributed by atoms with Crippen molar-refractivity contribution in [2.45, 2.75) is 51.9 Å². The third-order valence-corrected chi connectivity index (χ3v) is 3.45. The monoisotopic (exact) mass is 291 g/mol. The molecule has 4 nitrogen and oxygen atoms in total.